The predicted octanol–water partition coefficient (Wildman–Crippen LogP) is 3.40. The number of rotatable bonds is 7. The molecule has 0 aliphatic heterocycles. The largest absolute Gasteiger partial charge is 0.383 e. The van der Waals surface area contributed by atoms with Crippen LogP contribution in [0.25, 0.3) is 0 Å². The van der Waals surface area contributed by atoms with E-state index in [4.69, 9.17) is 4.74 Å². The van der Waals surface area contributed by atoms with Crippen LogP contribution in [0.5, 0.6) is 0 Å². The topological polar surface area (TPSA) is 27.1 Å². The van der Waals surface area contributed by atoms with Crippen molar-refractivity contribution in [3.8, 4) is 0 Å². The van der Waals surface area contributed by atoms with Crippen LogP contribution in [0.3, 0.4) is 0 Å². The molecular formula is C12H18Br2N2O. The lowest BCUT2D eigenvalue weighted by Crippen LogP contribution is -2.11. The third kappa shape index (κ3) is 3.80. The fourth-order valence-electron chi connectivity index (χ4n) is 1.98. The molecule has 1 aliphatic carbocycles. The fraction of sp³-hybridized carbons (Fsp3) is 0.750. The second kappa shape index (κ2) is 6.34. The Morgan fingerprint density at radius 1 is 1.59 bits per heavy atom. The van der Waals surface area contributed by atoms with Crippen LogP contribution in [0.15, 0.2) is 10.7 Å². The van der Waals surface area contributed by atoms with E-state index in [0.717, 1.165) is 23.4 Å². The Bertz CT molecular complexity index is 363. The molecule has 0 aromatic carbocycles. The summed E-state index contributed by atoms with van der Waals surface area (Å²) in [5.41, 5.74) is 1.28. The zero-order valence-electron chi connectivity index (χ0n) is 10.0. The zero-order chi connectivity index (χ0) is 12.3. The quantitative estimate of drug-likeness (QED) is 0.692. The summed E-state index contributed by atoms with van der Waals surface area (Å²) in [6, 6.07) is 0. The molecule has 0 radical (unpaired) electrons. The molecule has 5 heteroatoms. The van der Waals surface area contributed by atoms with E-state index in [9.17, 15) is 0 Å². The standard InChI is InChI=1S/C12H18Br2N2O/c1-17-7-6-16-12(11(14)8-15-16)5-4-10(13)9-2-3-9/h8-10H,2-7H2,1H3. The average molecular weight is 366 g/mol. The molecule has 0 amide bonds. The van der Waals surface area contributed by atoms with Crippen molar-refractivity contribution in [2.45, 2.75) is 37.1 Å². The number of hydrogen-bond acceptors (Lipinski definition) is 2. The van der Waals surface area contributed by atoms with Gasteiger partial charge in [-0.05, 0) is 47.5 Å². The Balaban J connectivity index is 1.90. The summed E-state index contributed by atoms with van der Waals surface area (Å²) in [4.78, 5) is 0.667. The van der Waals surface area contributed by atoms with Crippen molar-refractivity contribution in [2.24, 2.45) is 5.92 Å². The molecular weight excluding hydrogens is 348 g/mol. The molecule has 2 rings (SSSR count). The Hall–Kier alpha value is 0.130. The third-order valence-corrected chi connectivity index (χ3v) is 5.06. The number of nitrogens with zero attached hydrogens (tertiary/aromatic N) is 2. The van der Waals surface area contributed by atoms with E-state index in [1.165, 1.54) is 25.0 Å². The van der Waals surface area contributed by atoms with Crippen LogP contribution >= 0.6 is 31.9 Å². The van der Waals surface area contributed by atoms with Crippen molar-refractivity contribution in [3.63, 3.8) is 0 Å². The first-order chi connectivity index (χ1) is 8.22. The highest BCUT2D eigenvalue weighted by Gasteiger charge is 2.29. The van der Waals surface area contributed by atoms with Crippen molar-refractivity contribution in [1.29, 1.82) is 0 Å². The molecule has 0 spiro atoms. The van der Waals surface area contributed by atoms with Crippen molar-refractivity contribution >= 4 is 31.9 Å². The summed E-state index contributed by atoms with van der Waals surface area (Å²) in [6.45, 7) is 1.54. The molecule has 0 bridgehead atoms. The minimum absolute atomic E-state index is 0.667. The highest BCUT2D eigenvalue weighted by Crippen LogP contribution is 2.38. The maximum Gasteiger partial charge on any atom is 0.0658 e. The predicted molar refractivity (Wildman–Crippen MR) is 75.6 cm³/mol. The van der Waals surface area contributed by atoms with Gasteiger partial charge in [0.1, 0.15) is 0 Å². The molecule has 3 nitrogen and oxygen atoms in total. The van der Waals surface area contributed by atoms with Gasteiger partial charge in [0, 0.05) is 11.9 Å². The maximum absolute atomic E-state index is 5.10. The zero-order valence-corrected chi connectivity index (χ0v) is 13.2. The average Bonchev–Trinajstić information content (AvgIpc) is 3.10. The number of aromatic nitrogens is 2. The summed E-state index contributed by atoms with van der Waals surface area (Å²) in [5.74, 6) is 0.907. The van der Waals surface area contributed by atoms with E-state index >= 15 is 0 Å². The van der Waals surface area contributed by atoms with Crippen LogP contribution in [-0.2, 0) is 17.7 Å². The van der Waals surface area contributed by atoms with Gasteiger partial charge in [0.05, 0.1) is 29.5 Å². The number of ether oxygens (including phenoxy) is 1. The van der Waals surface area contributed by atoms with Crippen LogP contribution in [0.1, 0.15) is 25.0 Å². The molecule has 0 N–H and O–H groups in total. The summed E-state index contributed by atoms with van der Waals surface area (Å²) in [7, 11) is 1.72. The van der Waals surface area contributed by atoms with Crippen molar-refractivity contribution in [3.05, 3.63) is 16.4 Å². The highest BCUT2D eigenvalue weighted by atomic mass is 79.9. The Kier molecular flexibility index (Phi) is 5.06. The molecule has 1 fully saturated rings. The molecule has 17 heavy (non-hydrogen) atoms. The molecule has 1 aromatic rings. The van der Waals surface area contributed by atoms with Gasteiger partial charge in [-0.2, -0.15) is 5.10 Å². The van der Waals surface area contributed by atoms with Crippen LogP contribution < -0.4 is 0 Å². The lowest BCUT2D eigenvalue weighted by molar-refractivity contribution is 0.182. The summed E-state index contributed by atoms with van der Waals surface area (Å²) >= 11 is 7.35. The lowest BCUT2D eigenvalue weighted by Gasteiger charge is -2.10. The molecule has 0 saturated heterocycles. The molecule has 1 unspecified atom stereocenters. The summed E-state index contributed by atoms with van der Waals surface area (Å²) in [5, 5.41) is 4.37. The third-order valence-electron chi connectivity index (χ3n) is 3.20. The van der Waals surface area contributed by atoms with Crippen molar-refractivity contribution in [2.75, 3.05) is 13.7 Å². The Labute approximate surface area is 119 Å². The van der Waals surface area contributed by atoms with Crippen LogP contribution in [0, 0.1) is 5.92 Å². The van der Waals surface area contributed by atoms with E-state index in [2.05, 4.69) is 37.0 Å². The van der Waals surface area contributed by atoms with Crippen molar-refractivity contribution < 1.29 is 4.74 Å². The molecule has 1 atom stereocenters. The van der Waals surface area contributed by atoms with Gasteiger partial charge in [0.2, 0.25) is 0 Å². The van der Waals surface area contributed by atoms with Gasteiger partial charge in [-0.1, -0.05) is 15.9 Å². The summed E-state index contributed by atoms with van der Waals surface area (Å²) < 4.78 is 8.26. The Morgan fingerprint density at radius 3 is 3.00 bits per heavy atom. The second-order valence-electron chi connectivity index (χ2n) is 4.55. The number of methoxy groups -OCH3 is 1. The molecule has 1 aliphatic rings. The first-order valence-corrected chi connectivity index (χ1v) is 7.76. The van der Waals surface area contributed by atoms with E-state index in [-0.39, 0.29) is 0 Å². The smallest absolute Gasteiger partial charge is 0.0658 e. The van der Waals surface area contributed by atoms with Gasteiger partial charge in [0.15, 0.2) is 0 Å². The van der Waals surface area contributed by atoms with Gasteiger partial charge in [-0.25, -0.2) is 0 Å². The van der Waals surface area contributed by atoms with E-state index in [0.29, 0.717) is 11.4 Å². The monoisotopic (exact) mass is 364 g/mol. The first kappa shape index (κ1) is 13.6. The number of hydrogen-bond donors (Lipinski definition) is 0. The normalized spacial score (nSPS) is 17.4. The lowest BCUT2D eigenvalue weighted by atomic mass is 10.1. The Morgan fingerprint density at radius 2 is 2.35 bits per heavy atom. The van der Waals surface area contributed by atoms with Crippen molar-refractivity contribution in [1.82, 2.24) is 9.78 Å². The molecule has 1 heterocycles. The van der Waals surface area contributed by atoms with Gasteiger partial charge in [0.25, 0.3) is 0 Å². The minimum Gasteiger partial charge on any atom is -0.383 e. The minimum atomic E-state index is 0.667. The van der Waals surface area contributed by atoms with Crippen LogP contribution in [0.2, 0.25) is 0 Å². The summed E-state index contributed by atoms with van der Waals surface area (Å²) in [6.07, 6.45) is 6.91. The van der Waals surface area contributed by atoms with E-state index in [1.807, 2.05) is 10.9 Å². The number of halogens is 2. The van der Waals surface area contributed by atoms with Gasteiger partial charge >= 0.3 is 0 Å². The highest BCUT2D eigenvalue weighted by molar-refractivity contribution is 9.10. The van der Waals surface area contributed by atoms with E-state index < -0.39 is 0 Å². The van der Waals surface area contributed by atoms with Gasteiger partial charge in [-0.3, -0.25) is 4.68 Å². The molecule has 96 valence electrons. The first-order valence-electron chi connectivity index (χ1n) is 6.05. The maximum atomic E-state index is 5.10. The number of alkyl halides is 1. The second-order valence-corrected chi connectivity index (χ2v) is 6.58. The van der Waals surface area contributed by atoms with Crippen LogP contribution in [0.4, 0.5) is 0 Å². The van der Waals surface area contributed by atoms with Crippen LogP contribution in [-0.4, -0.2) is 28.3 Å². The SMILES string of the molecule is COCCn1ncc(Br)c1CCC(Br)C1CC1. The molecule has 1 saturated carbocycles. The molecule has 1 aromatic heterocycles. The van der Waals surface area contributed by atoms with Gasteiger partial charge in [-0.15, -0.1) is 0 Å². The van der Waals surface area contributed by atoms with Gasteiger partial charge < -0.3 is 4.74 Å². The van der Waals surface area contributed by atoms with E-state index in [1.54, 1.807) is 7.11 Å². The fourth-order valence-corrected chi connectivity index (χ4v) is 3.23.